The molecule has 0 aliphatic rings. The van der Waals surface area contributed by atoms with Gasteiger partial charge in [0.05, 0.1) is 5.52 Å². The Morgan fingerprint density at radius 2 is 1.54 bits per heavy atom. The van der Waals surface area contributed by atoms with Gasteiger partial charge in [0.2, 0.25) is 0 Å². The van der Waals surface area contributed by atoms with Crippen LogP contribution in [0.5, 0.6) is 0 Å². The number of hydrogen-bond acceptors (Lipinski definition) is 3. The van der Waals surface area contributed by atoms with E-state index in [0.717, 1.165) is 15.6 Å². The van der Waals surface area contributed by atoms with Crippen molar-refractivity contribution in [2.45, 2.75) is 20.8 Å². The molecule has 0 aliphatic carbocycles. The molecule has 4 aromatic rings. The van der Waals surface area contributed by atoms with E-state index in [1.807, 2.05) is 38.1 Å². The van der Waals surface area contributed by atoms with Crippen molar-refractivity contribution in [3.63, 3.8) is 0 Å². The lowest BCUT2D eigenvalue weighted by molar-refractivity contribution is -0.133. The largest absolute Gasteiger partial charge is 0.328 e. The van der Waals surface area contributed by atoms with Gasteiger partial charge in [-0.3, -0.25) is 19.8 Å². The number of benzene rings is 3. The molecule has 7 nitrogen and oxygen atoms in total. The number of rotatable bonds is 4. The van der Waals surface area contributed by atoms with Gasteiger partial charge in [-0.05, 0) is 73.9 Å². The van der Waals surface area contributed by atoms with E-state index < -0.39 is 17.7 Å². The summed E-state index contributed by atoms with van der Waals surface area (Å²) in [6.45, 7) is 5.54. The number of amides is 3. The van der Waals surface area contributed by atoms with Gasteiger partial charge in [-0.15, -0.1) is 0 Å². The standard InChI is InChI=1S/C26H22BrClN4O3/c1-14-6-4-7-15(2)23(14)30-24(33)22-13-17-12-18(27)10-11-21(17)32(22)31-26(35)25(34)29-20-9-5-8-19(28)16(20)3/h4-13H,1-3H3,(H,29,34)(H,30,33)(H,31,35). The van der Waals surface area contributed by atoms with Crippen LogP contribution in [-0.2, 0) is 9.59 Å². The van der Waals surface area contributed by atoms with Crippen LogP contribution in [-0.4, -0.2) is 22.4 Å². The molecule has 0 atom stereocenters. The molecule has 0 radical (unpaired) electrons. The van der Waals surface area contributed by atoms with Gasteiger partial charge in [-0.2, -0.15) is 0 Å². The number of halogens is 2. The van der Waals surface area contributed by atoms with Gasteiger partial charge in [0.1, 0.15) is 5.69 Å². The van der Waals surface area contributed by atoms with Crippen molar-refractivity contribution < 1.29 is 14.4 Å². The highest BCUT2D eigenvalue weighted by Crippen LogP contribution is 2.26. The molecule has 0 aliphatic heterocycles. The fraction of sp³-hybridized carbons (Fsp3) is 0.115. The second kappa shape index (κ2) is 9.93. The van der Waals surface area contributed by atoms with E-state index in [9.17, 15) is 14.4 Å². The van der Waals surface area contributed by atoms with Crippen LogP contribution in [0.1, 0.15) is 27.2 Å². The molecule has 0 saturated heterocycles. The van der Waals surface area contributed by atoms with Crippen LogP contribution in [0.25, 0.3) is 10.9 Å². The van der Waals surface area contributed by atoms with Crippen LogP contribution >= 0.6 is 27.5 Å². The van der Waals surface area contributed by atoms with Gasteiger partial charge >= 0.3 is 11.8 Å². The van der Waals surface area contributed by atoms with Gasteiger partial charge in [-0.25, -0.2) is 4.68 Å². The Morgan fingerprint density at radius 1 is 0.857 bits per heavy atom. The van der Waals surface area contributed by atoms with E-state index in [1.165, 1.54) is 4.68 Å². The van der Waals surface area contributed by atoms with Crippen molar-refractivity contribution in [2.75, 3.05) is 16.1 Å². The zero-order valence-electron chi connectivity index (χ0n) is 19.2. The molecule has 3 aromatic carbocycles. The summed E-state index contributed by atoms with van der Waals surface area (Å²) in [5, 5.41) is 6.67. The van der Waals surface area contributed by atoms with Crippen molar-refractivity contribution in [1.29, 1.82) is 0 Å². The lowest BCUT2D eigenvalue weighted by atomic mass is 10.1. The van der Waals surface area contributed by atoms with Crippen molar-refractivity contribution >= 4 is 67.5 Å². The monoisotopic (exact) mass is 552 g/mol. The van der Waals surface area contributed by atoms with E-state index in [4.69, 9.17) is 11.6 Å². The first-order valence-corrected chi connectivity index (χ1v) is 11.9. The Balaban J connectivity index is 1.66. The minimum atomic E-state index is -0.939. The number of aryl methyl sites for hydroxylation is 2. The predicted molar refractivity (Wildman–Crippen MR) is 143 cm³/mol. The quantitative estimate of drug-likeness (QED) is 0.273. The molecular formula is C26H22BrClN4O3. The Hall–Kier alpha value is -3.62. The van der Waals surface area contributed by atoms with Gasteiger partial charge in [0.25, 0.3) is 5.91 Å². The molecular weight excluding hydrogens is 532 g/mol. The summed E-state index contributed by atoms with van der Waals surface area (Å²) in [6.07, 6.45) is 0. The highest BCUT2D eigenvalue weighted by Gasteiger charge is 2.22. The molecule has 0 unspecified atom stereocenters. The van der Waals surface area contributed by atoms with Gasteiger partial charge in [0.15, 0.2) is 0 Å². The lowest BCUT2D eigenvalue weighted by Crippen LogP contribution is -2.36. The van der Waals surface area contributed by atoms with Gasteiger partial charge in [0, 0.05) is 26.3 Å². The molecule has 3 amide bonds. The Labute approximate surface area is 215 Å². The molecule has 0 fully saturated rings. The first-order chi connectivity index (χ1) is 16.7. The second-order valence-electron chi connectivity index (χ2n) is 8.10. The van der Waals surface area contributed by atoms with E-state index in [-0.39, 0.29) is 5.69 Å². The first-order valence-electron chi connectivity index (χ1n) is 10.7. The van der Waals surface area contributed by atoms with Gasteiger partial charge < -0.3 is 10.6 Å². The smallest absolute Gasteiger partial charge is 0.320 e. The number of aromatic nitrogens is 1. The van der Waals surface area contributed by atoms with E-state index in [0.29, 0.717) is 32.9 Å². The molecule has 9 heteroatoms. The summed E-state index contributed by atoms with van der Waals surface area (Å²) in [6, 6.07) is 17.7. The van der Waals surface area contributed by atoms with Crippen LogP contribution in [0.4, 0.5) is 11.4 Å². The maximum absolute atomic E-state index is 13.3. The zero-order chi connectivity index (χ0) is 25.3. The van der Waals surface area contributed by atoms with Crippen molar-refractivity contribution in [1.82, 2.24) is 4.68 Å². The summed E-state index contributed by atoms with van der Waals surface area (Å²) < 4.78 is 2.13. The van der Waals surface area contributed by atoms with Crippen LogP contribution in [0.2, 0.25) is 5.02 Å². The van der Waals surface area contributed by atoms with Crippen LogP contribution in [0.3, 0.4) is 0 Å². The first kappa shape index (κ1) is 24.5. The normalized spacial score (nSPS) is 10.8. The average molecular weight is 554 g/mol. The van der Waals surface area contributed by atoms with Gasteiger partial charge in [-0.1, -0.05) is 51.8 Å². The highest BCUT2D eigenvalue weighted by molar-refractivity contribution is 9.10. The van der Waals surface area contributed by atoms with Crippen molar-refractivity contribution in [3.05, 3.63) is 92.5 Å². The third kappa shape index (κ3) is 5.08. The number of anilines is 2. The van der Waals surface area contributed by atoms with E-state index in [2.05, 4.69) is 32.0 Å². The van der Waals surface area contributed by atoms with Crippen molar-refractivity contribution in [3.8, 4) is 0 Å². The minimum absolute atomic E-state index is 0.167. The molecule has 1 aromatic heterocycles. The topological polar surface area (TPSA) is 92.2 Å². The molecule has 3 N–H and O–H groups in total. The number of hydrogen-bond donors (Lipinski definition) is 3. The number of carbonyl (C=O) groups excluding carboxylic acids is 3. The minimum Gasteiger partial charge on any atom is -0.320 e. The number of nitrogens with one attached hydrogen (secondary N) is 3. The number of para-hydroxylation sites is 1. The van der Waals surface area contributed by atoms with E-state index in [1.54, 1.807) is 43.3 Å². The number of carbonyl (C=O) groups is 3. The van der Waals surface area contributed by atoms with Crippen LogP contribution < -0.4 is 16.1 Å². The Morgan fingerprint density at radius 3 is 2.26 bits per heavy atom. The maximum atomic E-state index is 13.3. The van der Waals surface area contributed by atoms with Crippen molar-refractivity contribution in [2.24, 2.45) is 0 Å². The molecule has 178 valence electrons. The summed E-state index contributed by atoms with van der Waals surface area (Å²) in [4.78, 5) is 38.8. The summed E-state index contributed by atoms with van der Waals surface area (Å²) in [7, 11) is 0. The lowest BCUT2D eigenvalue weighted by Gasteiger charge is -2.15. The third-order valence-corrected chi connectivity index (χ3v) is 6.55. The maximum Gasteiger partial charge on any atom is 0.328 e. The fourth-order valence-corrected chi connectivity index (χ4v) is 4.29. The second-order valence-corrected chi connectivity index (χ2v) is 9.42. The summed E-state index contributed by atoms with van der Waals surface area (Å²) >= 11 is 9.54. The SMILES string of the molecule is Cc1cccc(C)c1NC(=O)c1cc2cc(Br)ccc2n1NC(=O)C(=O)Nc1cccc(Cl)c1C. The zero-order valence-corrected chi connectivity index (χ0v) is 21.5. The molecule has 35 heavy (non-hydrogen) atoms. The molecule has 4 rings (SSSR count). The highest BCUT2D eigenvalue weighted by atomic mass is 79.9. The fourth-order valence-electron chi connectivity index (χ4n) is 3.74. The Kier molecular flexibility index (Phi) is 6.95. The number of nitrogens with zero attached hydrogens (tertiary/aromatic N) is 1. The van der Waals surface area contributed by atoms with Crippen LogP contribution in [0, 0.1) is 20.8 Å². The number of fused-ring (bicyclic) bond motifs is 1. The predicted octanol–water partition coefficient (Wildman–Crippen LogP) is 5.94. The average Bonchev–Trinajstić information content (AvgIpc) is 3.16. The molecule has 0 spiro atoms. The molecule has 1 heterocycles. The van der Waals surface area contributed by atoms with Crippen LogP contribution in [0.15, 0.2) is 65.1 Å². The Bertz CT molecular complexity index is 1480. The summed E-state index contributed by atoms with van der Waals surface area (Å²) in [5.74, 6) is -2.26. The summed E-state index contributed by atoms with van der Waals surface area (Å²) in [5.41, 5.74) is 6.85. The van der Waals surface area contributed by atoms with E-state index >= 15 is 0 Å². The molecule has 0 saturated carbocycles. The molecule has 0 bridgehead atoms. The third-order valence-electron chi connectivity index (χ3n) is 5.65.